The molecule has 2 aliphatic heterocycles. The third-order valence-electron chi connectivity index (χ3n) is 4.93. The highest BCUT2D eigenvalue weighted by atomic mass is 32.2. The van der Waals surface area contributed by atoms with Crippen molar-refractivity contribution >= 4 is 23.6 Å². The molecule has 0 radical (unpaired) electrons. The molecule has 2 rings (SSSR count). The zero-order valence-electron chi connectivity index (χ0n) is 14.3. The van der Waals surface area contributed by atoms with Crippen molar-refractivity contribution in [1.82, 2.24) is 10.2 Å². The first-order valence-electron chi connectivity index (χ1n) is 8.45. The van der Waals surface area contributed by atoms with Crippen molar-refractivity contribution in [3.05, 3.63) is 0 Å². The summed E-state index contributed by atoms with van der Waals surface area (Å²) in [6, 6.07) is 0. The molecule has 1 amide bonds. The van der Waals surface area contributed by atoms with E-state index >= 15 is 0 Å². The summed E-state index contributed by atoms with van der Waals surface area (Å²) in [5, 5.41) is 3.56. The van der Waals surface area contributed by atoms with Gasteiger partial charge in [0, 0.05) is 51.1 Å². The second kappa shape index (κ2) is 8.78. The largest absolute Gasteiger partial charge is 0.381 e. The number of rotatable bonds is 5. The summed E-state index contributed by atoms with van der Waals surface area (Å²) >= 11 is 1.92. The minimum atomic E-state index is -0.205. The highest BCUT2D eigenvalue weighted by molar-refractivity contribution is 8.00. The monoisotopic (exact) mass is 342 g/mol. The molecule has 2 heterocycles. The third kappa shape index (κ3) is 5.28. The minimum Gasteiger partial charge on any atom is -0.381 e. The highest BCUT2D eigenvalue weighted by Gasteiger charge is 2.32. The van der Waals surface area contributed by atoms with Gasteiger partial charge in [-0.3, -0.25) is 9.79 Å². The topological polar surface area (TPSA) is 80.0 Å². The van der Waals surface area contributed by atoms with Crippen LogP contribution in [0.15, 0.2) is 4.99 Å². The number of thioether (sulfide) groups is 1. The summed E-state index contributed by atoms with van der Waals surface area (Å²) in [7, 11) is 1.83. The van der Waals surface area contributed by atoms with E-state index in [1.54, 1.807) is 0 Å². The average Bonchev–Trinajstić information content (AvgIpc) is 2.56. The first-order valence-corrected chi connectivity index (χ1v) is 9.68. The number of carbonyl (C=O) groups is 1. The normalized spacial score (nSPS) is 25.2. The fourth-order valence-electron chi connectivity index (χ4n) is 3.48. The summed E-state index contributed by atoms with van der Waals surface area (Å²) in [4.78, 5) is 17.9. The van der Waals surface area contributed by atoms with Crippen LogP contribution in [0.1, 0.15) is 32.1 Å². The predicted molar refractivity (Wildman–Crippen MR) is 95.8 cm³/mol. The van der Waals surface area contributed by atoms with Gasteiger partial charge in [-0.1, -0.05) is 0 Å². The lowest BCUT2D eigenvalue weighted by atomic mass is 9.94. The maximum Gasteiger partial charge on any atom is 0.217 e. The second-order valence-corrected chi connectivity index (χ2v) is 7.80. The molecule has 0 bridgehead atoms. The van der Waals surface area contributed by atoms with Gasteiger partial charge in [-0.15, -0.1) is 0 Å². The number of amides is 1. The van der Waals surface area contributed by atoms with Crippen LogP contribution in [0.3, 0.4) is 0 Å². The van der Waals surface area contributed by atoms with Crippen LogP contribution in [-0.2, 0) is 9.53 Å². The molecule has 0 aromatic rings. The van der Waals surface area contributed by atoms with Gasteiger partial charge in [0.05, 0.1) is 0 Å². The molecule has 3 N–H and O–H groups in total. The van der Waals surface area contributed by atoms with Crippen LogP contribution in [0.4, 0.5) is 0 Å². The van der Waals surface area contributed by atoms with Crippen molar-refractivity contribution in [2.45, 2.75) is 36.9 Å². The Hall–Kier alpha value is -0.950. The predicted octanol–water partition coefficient (Wildman–Crippen LogP) is 1.06. The van der Waals surface area contributed by atoms with E-state index < -0.39 is 0 Å². The van der Waals surface area contributed by atoms with Crippen LogP contribution < -0.4 is 11.1 Å². The van der Waals surface area contributed by atoms with E-state index in [2.05, 4.69) is 21.5 Å². The average molecular weight is 343 g/mol. The molecule has 0 saturated carbocycles. The van der Waals surface area contributed by atoms with Crippen LogP contribution in [0.2, 0.25) is 0 Å². The Kier molecular flexibility index (Phi) is 7.02. The molecule has 1 unspecified atom stereocenters. The molecule has 1 atom stereocenters. The number of piperidine rings is 1. The highest BCUT2D eigenvalue weighted by Crippen LogP contribution is 2.33. The lowest BCUT2D eigenvalue weighted by Crippen LogP contribution is -2.51. The van der Waals surface area contributed by atoms with Crippen LogP contribution in [-0.4, -0.2) is 67.7 Å². The van der Waals surface area contributed by atoms with Gasteiger partial charge in [-0.05, 0) is 37.9 Å². The van der Waals surface area contributed by atoms with Gasteiger partial charge in [0.15, 0.2) is 5.96 Å². The molecule has 2 aliphatic rings. The molecule has 6 nitrogen and oxygen atoms in total. The molecule has 132 valence electrons. The molecule has 0 aromatic heterocycles. The first kappa shape index (κ1) is 18.4. The SMILES string of the molecule is CN=C(NCC1(SC)CCOCC1)N1CCCC(CC(N)=O)C1. The number of nitrogens with zero attached hydrogens (tertiary/aromatic N) is 2. The molecule has 23 heavy (non-hydrogen) atoms. The Balaban J connectivity index is 1.90. The van der Waals surface area contributed by atoms with Gasteiger partial charge in [-0.25, -0.2) is 0 Å². The quantitative estimate of drug-likeness (QED) is 0.577. The Morgan fingerprint density at radius 1 is 1.48 bits per heavy atom. The summed E-state index contributed by atoms with van der Waals surface area (Å²) in [6.45, 7) is 4.43. The van der Waals surface area contributed by atoms with Crippen LogP contribution in [0.25, 0.3) is 0 Å². The molecule has 7 heteroatoms. The van der Waals surface area contributed by atoms with Crippen molar-refractivity contribution in [2.75, 3.05) is 46.2 Å². The van der Waals surface area contributed by atoms with Crippen LogP contribution in [0, 0.1) is 5.92 Å². The van der Waals surface area contributed by atoms with E-state index in [1.807, 2.05) is 18.8 Å². The fourth-order valence-corrected chi connectivity index (χ4v) is 4.27. The zero-order valence-corrected chi connectivity index (χ0v) is 15.2. The van der Waals surface area contributed by atoms with Gasteiger partial charge in [-0.2, -0.15) is 11.8 Å². The van der Waals surface area contributed by atoms with E-state index in [0.29, 0.717) is 12.3 Å². The van der Waals surface area contributed by atoms with E-state index in [1.165, 1.54) is 0 Å². The molecular weight excluding hydrogens is 312 g/mol. The number of hydrogen-bond acceptors (Lipinski definition) is 4. The van der Waals surface area contributed by atoms with Gasteiger partial charge >= 0.3 is 0 Å². The summed E-state index contributed by atoms with van der Waals surface area (Å²) < 4.78 is 5.73. The first-order chi connectivity index (χ1) is 11.1. The summed E-state index contributed by atoms with van der Waals surface area (Å²) in [5.41, 5.74) is 5.35. The standard InChI is InChI=1S/C16H30N4O2S/c1-18-15(19-12-16(23-2)5-8-22-9-6-16)20-7-3-4-13(11-20)10-14(17)21/h13H,3-12H2,1-2H3,(H2,17,21)(H,18,19). The van der Waals surface area contributed by atoms with Gasteiger partial charge in [0.25, 0.3) is 0 Å². The number of ether oxygens (including phenoxy) is 1. The Morgan fingerprint density at radius 3 is 2.83 bits per heavy atom. The smallest absolute Gasteiger partial charge is 0.217 e. The Morgan fingerprint density at radius 2 is 2.22 bits per heavy atom. The van der Waals surface area contributed by atoms with E-state index in [4.69, 9.17) is 10.5 Å². The lowest BCUT2D eigenvalue weighted by molar-refractivity contribution is -0.119. The summed E-state index contributed by atoms with van der Waals surface area (Å²) in [6.07, 6.45) is 6.95. The van der Waals surface area contributed by atoms with Gasteiger partial charge in [0.1, 0.15) is 0 Å². The molecule has 0 aromatic carbocycles. The van der Waals surface area contributed by atoms with Gasteiger partial charge < -0.3 is 20.7 Å². The Bertz CT molecular complexity index is 424. The van der Waals surface area contributed by atoms with Crippen LogP contribution >= 0.6 is 11.8 Å². The zero-order chi connectivity index (χ0) is 16.7. The van der Waals surface area contributed by atoms with Crippen molar-refractivity contribution < 1.29 is 9.53 Å². The maximum absolute atomic E-state index is 11.2. The molecule has 0 aliphatic carbocycles. The molecular formula is C16H30N4O2S. The Labute approximate surface area is 143 Å². The van der Waals surface area contributed by atoms with Gasteiger partial charge in [0.2, 0.25) is 5.91 Å². The van der Waals surface area contributed by atoms with Crippen molar-refractivity contribution in [3.63, 3.8) is 0 Å². The van der Waals surface area contributed by atoms with Crippen molar-refractivity contribution in [2.24, 2.45) is 16.6 Å². The van der Waals surface area contributed by atoms with Crippen LogP contribution in [0.5, 0.6) is 0 Å². The molecule has 0 spiro atoms. The number of aliphatic imine (C=N–C) groups is 1. The van der Waals surface area contributed by atoms with E-state index in [9.17, 15) is 4.79 Å². The number of carbonyl (C=O) groups excluding carboxylic acids is 1. The molecule has 2 saturated heterocycles. The number of likely N-dealkylation sites (tertiary alicyclic amines) is 1. The number of nitrogens with one attached hydrogen (secondary N) is 1. The number of primary amides is 1. The number of guanidine groups is 1. The third-order valence-corrected chi connectivity index (χ3v) is 6.34. The van der Waals surface area contributed by atoms with E-state index in [0.717, 1.165) is 64.5 Å². The van der Waals surface area contributed by atoms with E-state index in [-0.39, 0.29) is 10.7 Å². The lowest BCUT2D eigenvalue weighted by Gasteiger charge is -2.39. The molecule has 2 fully saturated rings. The minimum absolute atomic E-state index is 0.205. The second-order valence-electron chi connectivity index (χ2n) is 6.52. The van der Waals surface area contributed by atoms with Crippen molar-refractivity contribution in [3.8, 4) is 0 Å². The fraction of sp³-hybridized carbons (Fsp3) is 0.875. The summed E-state index contributed by atoms with van der Waals surface area (Å²) in [5.74, 6) is 1.08. The maximum atomic E-state index is 11.2. The number of nitrogens with two attached hydrogens (primary N) is 1. The number of hydrogen-bond donors (Lipinski definition) is 2. The van der Waals surface area contributed by atoms with Crippen molar-refractivity contribution in [1.29, 1.82) is 0 Å².